The average Bonchev–Trinajstić information content (AvgIpc) is 3.34. The minimum Gasteiger partial charge on any atom is -0.488 e. The molecule has 0 spiro atoms. The Morgan fingerprint density at radius 2 is 2.09 bits per heavy atom. The number of carbonyl (C=O) groups is 1. The Bertz CT molecular complexity index is 1150. The molecule has 0 radical (unpaired) electrons. The maximum atomic E-state index is 12.1. The number of nitrogens with one attached hydrogen (secondary N) is 2. The van der Waals surface area contributed by atoms with E-state index in [-0.39, 0.29) is 12.0 Å². The van der Waals surface area contributed by atoms with E-state index in [1.807, 2.05) is 6.20 Å². The summed E-state index contributed by atoms with van der Waals surface area (Å²) < 4.78 is 7.64. The fraction of sp³-hybridized carbons (Fsp3) is 0.440. The Balaban J connectivity index is 1.54. The molecule has 1 aromatic carbocycles. The molecule has 3 aromatic rings. The van der Waals surface area contributed by atoms with E-state index in [2.05, 4.69) is 53.7 Å². The predicted octanol–water partition coefficient (Wildman–Crippen LogP) is 3.36. The Kier molecular flexibility index (Phi) is 5.88. The van der Waals surface area contributed by atoms with Gasteiger partial charge in [0, 0.05) is 35.3 Å². The predicted molar refractivity (Wildman–Crippen MR) is 127 cm³/mol. The third-order valence-electron chi connectivity index (χ3n) is 6.42. The summed E-state index contributed by atoms with van der Waals surface area (Å²) in [5.74, 6) is 0.469. The Morgan fingerprint density at radius 1 is 1.22 bits per heavy atom. The molecule has 2 aliphatic rings. The number of fused-ring (bicyclic) bond motifs is 1. The fourth-order valence-corrected chi connectivity index (χ4v) is 6.00. The van der Waals surface area contributed by atoms with Crippen LogP contribution in [0.4, 0.5) is 0 Å². The van der Waals surface area contributed by atoms with Crippen molar-refractivity contribution in [3.05, 3.63) is 46.5 Å². The molecule has 4 heterocycles. The van der Waals surface area contributed by atoms with Crippen molar-refractivity contribution in [1.29, 1.82) is 0 Å². The number of thiophene rings is 1. The zero-order chi connectivity index (χ0) is 22.2. The van der Waals surface area contributed by atoms with E-state index in [4.69, 9.17) is 4.74 Å². The lowest BCUT2D eigenvalue weighted by Gasteiger charge is -2.26. The van der Waals surface area contributed by atoms with Crippen molar-refractivity contribution in [2.45, 2.75) is 45.3 Å². The molecule has 0 bridgehead atoms. The molecule has 0 saturated carbocycles. The second-order valence-corrected chi connectivity index (χ2v) is 10.1. The number of aromatic nitrogens is 1. The summed E-state index contributed by atoms with van der Waals surface area (Å²) >= 11 is 1.65. The van der Waals surface area contributed by atoms with Crippen molar-refractivity contribution in [3.63, 3.8) is 0 Å². The van der Waals surface area contributed by atoms with Gasteiger partial charge in [0.1, 0.15) is 11.9 Å². The monoisotopic (exact) mass is 451 g/mol. The largest absolute Gasteiger partial charge is 0.488 e. The summed E-state index contributed by atoms with van der Waals surface area (Å²) in [6.45, 7) is 6.47. The van der Waals surface area contributed by atoms with Crippen molar-refractivity contribution in [2.24, 2.45) is 5.92 Å². The Morgan fingerprint density at radius 3 is 2.84 bits per heavy atom. The maximum Gasteiger partial charge on any atom is 0.226 e. The first kappa shape index (κ1) is 21.4. The molecular weight excluding hydrogens is 422 g/mol. The minimum absolute atomic E-state index is 0.0748. The average molecular weight is 452 g/mol. The molecule has 2 aliphatic heterocycles. The molecule has 2 unspecified atom stereocenters. The van der Waals surface area contributed by atoms with Crippen LogP contribution in [0.5, 0.6) is 5.75 Å². The molecule has 3 atom stereocenters. The van der Waals surface area contributed by atoms with Gasteiger partial charge in [-0.1, -0.05) is 6.07 Å². The van der Waals surface area contributed by atoms with Crippen LogP contribution in [-0.4, -0.2) is 47.8 Å². The molecule has 3 N–H and O–H groups in total. The van der Waals surface area contributed by atoms with Gasteiger partial charge < -0.3 is 20.5 Å². The number of ether oxygens (including phenoxy) is 1. The van der Waals surface area contributed by atoms with Crippen molar-refractivity contribution >= 4 is 27.5 Å². The summed E-state index contributed by atoms with van der Waals surface area (Å²) in [7, 11) is 0. The number of rotatable bonds is 5. The van der Waals surface area contributed by atoms with Gasteiger partial charge in [-0.2, -0.15) is 0 Å². The van der Waals surface area contributed by atoms with Crippen LogP contribution < -0.4 is 15.4 Å². The normalized spacial score (nSPS) is 23.5. The van der Waals surface area contributed by atoms with Crippen LogP contribution in [0.25, 0.3) is 21.3 Å². The van der Waals surface area contributed by atoms with E-state index in [0.717, 1.165) is 63.5 Å². The van der Waals surface area contributed by atoms with Crippen molar-refractivity contribution < 1.29 is 14.6 Å². The highest BCUT2D eigenvalue weighted by Gasteiger charge is 2.33. The van der Waals surface area contributed by atoms with Crippen LogP contribution in [0.2, 0.25) is 0 Å². The number of benzene rings is 1. The van der Waals surface area contributed by atoms with Gasteiger partial charge >= 0.3 is 0 Å². The number of piperidine rings is 1. The number of hydrogen-bond donors (Lipinski definition) is 3. The van der Waals surface area contributed by atoms with Crippen LogP contribution in [0.15, 0.2) is 30.5 Å². The quantitative estimate of drug-likeness (QED) is 0.554. The fourth-order valence-electron chi connectivity index (χ4n) is 4.80. The van der Waals surface area contributed by atoms with Gasteiger partial charge in [0.15, 0.2) is 0 Å². The number of nitrogens with zero attached hydrogens (tertiary/aromatic N) is 1. The number of aryl methyl sites for hydroxylation is 2. The van der Waals surface area contributed by atoms with Crippen molar-refractivity contribution in [3.8, 4) is 16.9 Å². The zero-order valence-electron chi connectivity index (χ0n) is 18.5. The van der Waals surface area contributed by atoms with Crippen molar-refractivity contribution in [1.82, 2.24) is 15.6 Å². The molecular formula is C25H29N3O3S. The number of carbonyl (C=O) groups excluding carboxylic acids is 1. The van der Waals surface area contributed by atoms with Crippen LogP contribution in [0, 0.1) is 19.8 Å². The number of aliphatic hydroxyl groups excluding tert-OH is 1. The highest BCUT2D eigenvalue weighted by Crippen LogP contribution is 2.41. The number of amides is 1. The minimum atomic E-state index is -0.635. The molecule has 1 amide bonds. The van der Waals surface area contributed by atoms with E-state index < -0.39 is 12.0 Å². The second kappa shape index (κ2) is 8.81. The first-order valence-electron chi connectivity index (χ1n) is 11.3. The van der Waals surface area contributed by atoms with E-state index >= 15 is 0 Å². The first-order chi connectivity index (χ1) is 15.5. The van der Waals surface area contributed by atoms with Gasteiger partial charge in [0.05, 0.1) is 22.2 Å². The lowest BCUT2D eigenvalue weighted by molar-refractivity contribution is -0.123. The molecule has 2 aromatic heterocycles. The van der Waals surface area contributed by atoms with E-state index in [0.29, 0.717) is 13.0 Å². The number of aliphatic hydroxyl groups is 1. The molecule has 32 heavy (non-hydrogen) atoms. The SMILES string of the molecule is Cc1cc(C)c(O[C@H]2CCCNC2)c(-c2ccnc3cc(CC4C(=O)NCC4O)sc23)c1. The van der Waals surface area contributed by atoms with Crippen LogP contribution >= 0.6 is 11.3 Å². The van der Waals surface area contributed by atoms with Gasteiger partial charge in [0.25, 0.3) is 0 Å². The Labute approximate surface area is 192 Å². The van der Waals surface area contributed by atoms with E-state index in [9.17, 15) is 9.90 Å². The topological polar surface area (TPSA) is 83.5 Å². The standard InChI is InChI=1S/C25H29N3O3S/c1-14-8-15(2)23(31-16-4-3-6-26-12-16)19(9-14)18-5-7-27-21-11-17(32-24(18)21)10-20-22(29)13-28-25(20)30/h5,7-9,11,16,20,22,26,29H,3-4,6,10,12-13H2,1-2H3,(H,28,30)/t16-,20?,22?/m0/s1. The molecule has 168 valence electrons. The van der Waals surface area contributed by atoms with Gasteiger partial charge in [-0.25, -0.2) is 0 Å². The number of pyridine rings is 1. The molecule has 2 saturated heterocycles. The molecule has 5 rings (SSSR count). The summed E-state index contributed by atoms with van der Waals surface area (Å²) in [4.78, 5) is 17.7. The number of hydrogen-bond acceptors (Lipinski definition) is 6. The summed E-state index contributed by atoms with van der Waals surface area (Å²) in [5.41, 5.74) is 5.44. The maximum absolute atomic E-state index is 12.1. The van der Waals surface area contributed by atoms with Crippen LogP contribution in [0.1, 0.15) is 28.8 Å². The summed E-state index contributed by atoms with van der Waals surface area (Å²) in [6, 6.07) is 8.48. The third kappa shape index (κ3) is 4.12. The van der Waals surface area contributed by atoms with E-state index in [1.54, 1.807) is 11.3 Å². The van der Waals surface area contributed by atoms with Gasteiger partial charge in [-0.3, -0.25) is 9.78 Å². The molecule has 2 fully saturated rings. The molecule has 0 aliphatic carbocycles. The van der Waals surface area contributed by atoms with E-state index in [1.165, 1.54) is 5.56 Å². The van der Waals surface area contributed by atoms with Gasteiger partial charge in [0.2, 0.25) is 5.91 Å². The highest BCUT2D eigenvalue weighted by molar-refractivity contribution is 7.19. The second-order valence-electron chi connectivity index (χ2n) is 8.95. The smallest absolute Gasteiger partial charge is 0.226 e. The Hall–Kier alpha value is -2.48. The van der Waals surface area contributed by atoms with Crippen molar-refractivity contribution in [2.75, 3.05) is 19.6 Å². The summed E-state index contributed by atoms with van der Waals surface area (Å²) in [6.07, 6.45) is 4.08. The third-order valence-corrected chi connectivity index (χ3v) is 7.60. The number of β-amino-alcohol motifs (C(OH)–C–C–N with tert-alkyl or cyclic N) is 1. The summed E-state index contributed by atoms with van der Waals surface area (Å²) in [5, 5.41) is 16.3. The van der Waals surface area contributed by atoms with Gasteiger partial charge in [-0.05, 0) is 69.0 Å². The lowest BCUT2D eigenvalue weighted by atomic mass is 9.98. The molecule has 7 heteroatoms. The molecule has 6 nitrogen and oxygen atoms in total. The first-order valence-corrected chi connectivity index (χ1v) is 12.1. The van der Waals surface area contributed by atoms with Crippen LogP contribution in [-0.2, 0) is 11.2 Å². The lowest BCUT2D eigenvalue weighted by Crippen LogP contribution is -2.37. The highest BCUT2D eigenvalue weighted by atomic mass is 32.1. The zero-order valence-corrected chi connectivity index (χ0v) is 19.3. The van der Waals surface area contributed by atoms with Gasteiger partial charge in [-0.15, -0.1) is 11.3 Å². The van der Waals surface area contributed by atoms with Crippen LogP contribution in [0.3, 0.4) is 0 Å².